The van der Waals surface area contributed by atoms with Gasteiger partial charge in [0.2, 0.25) is 0 Å². The number of hydrogen-bond acceptors (Lipinski definition) is 5. The summed E-state index contributed by atoms with van der Waals surface area (Å²) in [5.41, 5.74) is 1.26. The summed E-state index contributed by atoms with van der Waals surface area (Å²) in [4.78, 5) is 4.00. The molecule has 0 radical (unpaired) electrons. The summed E-state index contributed by atoms with van der Waals surface area (Å²) in [6.45, 7) is 0. The number of pyridine rings is 1. The molecule has 1 aliphatic heterocycles. The summed E-state index contributed by atoms with van der Waals surface area (Å²) in [7, 11) is 0. The number of phenolic OH excluding ortho intramolecular Hbond substituents is 2. The zero-order chi connectivity index (χ0) is 13.4. The molecule has 19 heavy (non-hydrogen) atoms. The highest BCUT2D eigenvalue weighted by Crippen LogP contribution is 2.41. The molecule has 2 atom stereocenters. The van der Waals surface area contributed by atoms with Gasteiger partial charge in [-0.25, -0.2) is 0 Å². The molecule has 2 aromatic rings. The van der Waals surface area contributed by atoms with E-state index in [1.165, 1.54) is 12.1 Å². The number of fused-ring (bicyclic) bond motifs is 1. The molecule has 0 fully saturated rings. The maximum atomic E-state index is 10.1. The first kappa shape index (κ1) is 11.8. The van der Waals surface area contributed by atoms with Gasteiger partial charge in [-0.1, -0.05) is 6.07 Å². The number of nitrogens with zero attached hydrogens (tertiary/aromatic N) is 1. The van der Waals surface area contributed by atoms with Gasteiger partial charge in [0.15, 0.2) is 6.10 Å². The molecule has 0 amide bonds. The zero-order valence-corrected chi connectivity index (χ0v) is 10.0. The molecule has 1 aromatic heterocycles. The van der Waals surface area contributed by atoms with E-state index in [1.54, 1.807) is 18.5 Å². The Labute approximate surface area is 109 Å². The normalized spacial score (nSPS) is 21.5. The average molecular weight is 259 g/mol. The molecule has 0 aliphatic carbocycles. The highest BCUT2D eigenvalue weighted by atomic mass is 16.5. The van der Waals surface area contributed by atoms with Gasteiger partial charge in [0.1, 0.15) is 17.2 Å². The maximum absolute atomic E-state index is 10.1. The Morgan fingerprint density at radius 1 is 1.26 bits per heavy atom. The molecule has 0 saturated carbocycles. The van der Waals surface area contributed by atoms with Gasteiger partial charge in [-0.2, -0.15) is 0 Å². The van der Waals surface area contributed by atoms with Crippen LogP contribution in [0.2, 0.25) is 0 Å². The van der Waals surface area contributed by atoms with Crippen molar-refractivity contribution in [3.8, 4) is 17.2 Å². The van der Waals surface area contributed by atoms with Crippen molar-refractivity contribution in [3.63, 3.8) is 0 Å². The maximum Gasteiger partial charge on any atom is 0.151 e. The van der Waals surface area contributed by atoms with E-state index in [0.717, 1.165) is 5.56 Å². The minimum absolute atomic E-state index is 0.0707. The first-order chi connectivity index (χ1) is 9.15. The molecule has 2 heterocycles. The van der Waals surface area contributed by atoms with Crippen molar-refractivity contribution < 1.29 is 20.1 Å². The molecule has 5 heteroatoms. The van der Waals surface area contributed by atoms with Crippen molar-refractivity contribution in [2.45, 2.75) is 18.6 Å². The Balaban J connectivity index is 2.00. The van der Waals surface area contributed by atoms with Crippen molar-refractivity contribution in [3.05, 3.63) is 47.8 Å². The number of hydrogen-bond donors (Lipinski definition) is 3. The summed E-state index contributed by atoms with van der Waals surface area (Å²) >= 11 is 0. The van der Waals surface area contributed by atoms with Crippen molar-refractivity contribution in [2.75, 3.05) is 0 Å². The second kappa shape index (κ2) is 4.44. The predicted octanol–water partition coefficient (Wildman–Crippen LogP) is 1.53. The smallest absolute Gasteiger partial charge is 0.151 e. The Morgan fingerprint density at radius 2 is 2.11 bits per heavy atom. The van der Waals surface area contributed by atoms with Gasteiger partial charge in [0.25, 0.3) is 0 Å². The minimum atomic E-state index is -0.771. The van der Waals surface area contributed by atoms with Gasteiger partial charge in [0, 0.05) is 42.1 Å². The monoisotopic (exact) mass is 259 g/mol. The molecular weight excluding hydrogens is 246 g/mol. The third kappa shape index (κ3) is 2.08. The lowest BCUT2D eigenvalue weighted by atomic mass is 9.95. The fraction of sp³-hybridized carbons (Fsp3) is 0.214. The fourth-order valence-corrected chi connectivity index (χ4v) is 2.29. The van der Waals surface area contributed by atoms with Gasteiger partial charge in [-0.15, -0.1) is 0 Å². The molecule has 0 saturated heterocycles. The molecule has 0 spiro atoms. The summed E-state index contributed by atoms with van der Waals surface area (Å²) < 4.78 is 5.68. The van der Waals surface area contributed by atoms with Crippen molar-refractivity contribution >= 4 is 0 Å². The van der Waals surface area contributed by atoms with Crippen LogP contribution >= 0.6 is 0 Å². The van der Waals surface area contributed by atoms with Crippen LogP contribution in [-0.4, -0.2) is 26.4 Å². The van der Waals surface area contributed by atoms with Crippen LogP contribution in [0.3, 0.4) is 0 Å². The highest BCUT2D eigenvalue weighted by Gasteiger charge is 2.31. The molecule has 3 rings (SSSR count). The number of aromatic hydroxyl groups is 2. The van der Waals surface area contributed by atoms with Crippen molar-refractivity contribution in [2.24, 2.45) is 0 Å². The summed E-state index contributed by atoms with van der Waals surface area (Å²) in [6, 6.07) is 6.25. The standard InChI is InChI=1S/C14H13NO4/c16-9-4-11(17)10-6-12(18)14(19-13(10)5-9)8-2-1-3-15-7-8/h1-5,7,12,14,16-18H,6H2/t12-,14-/m1/s1. The van der Waals surface area contributed by atoms with Crippen molar-refractivity contribution in [1.29, 1.82) is 0 Å². The molecule has 3 N–H and O–H groups in total. The number of aromatic nitrogens is 1. The molecule has 0 bridgehead atoms. The van der Waals surface area contributed by atoms with Crippen LogP contribution in [0.15, 0.2) is 36.7 Å². The van der Waals surface area contributed by atoms with Crippen LogP contribution in [-0.2, 0) is 6.42 Å². The Morgan fingerprint density at radius 3 is 2.84 bits per heavy atom. The third-order valence-electron chi connectivity index (χ3n) is 3.20. The number of benzene rings is 1. The van der Waals surface area contributed by atoms with E-state index in [9.17, 15) is 15.3 Å². The number of aliphatic hydroxyl groups is 1. The lowest BCUT2D eigenvalue weighted by Gasteiger charge is -2.31. The summed E-state index contributed by atoms with van der Waals surface area (Å²) in [6.07, 6.45) is 2.21. The van der Waals surface area contributed by atoms with Gasteiger partial charge >= 0.3 is 0 Å². The van der Waals surface area contributed by atoms with E-state index in [4.69, 9.17) is 4.74 Å². The molecule has 5 nitrogen and oxygen atoms in total. The Bertz CT molecular complexity index is 600. The zero-order valence-electron chi connectivity index (χ0n) is 10.0. The predicted molar refractivity (Wildman–Crippen MR) is 67.1 cm³/mol. The number of ether oxygens (including phenoxy) is 1. The van der Waals surface area contributed by atoms with E-state index in [1.807, 2.05) is 6.07 Å². The topological polar surface area (TPSA) is 82.8 Å². The van der Waals surface area contributed by atoms with Gasteiger partial charge in [-0.05, 0) is 6.07 Å². The second-order valence-corrected chi connectivity index (χ2v) is 4.54. The molecular formula is C14H13NO4. The number of phenols is 2. The number of rotatable bonds is 1. The van der Waals surface area contributed by atoms with E-state index < -0.39 is 12.2 Å². The molecule has 98 valence electrons. The largest absolute Gasteiger partial charge is 0.508 e. The van der Waals surface area contributed by atoms with Crippen LogP contribution < -0.4 is 4.74 Å². The van der Waals surface area contributed by atoms with E-state index in [2.05, 4.69) is 4.98 Å². The Hall–Kier alpha value is -2.27. The minimum Gasteiger partial charge on any atom is -0.508 e. The van der Waals surface area contributed by atoms with E-state index in [-0.39, 0.29) is 17.9 Å². The molecule has 1 aromatic carbocycles. The third-order valence-corrected chi connectivity index (χ3v) is 3.20. The van der Waals surface area contributed by atoms with E-state index in [0.29, 0.717) is 11.3 Å². The summed E-state index contributed by atoms with van der Waals surface area (Å²) in [5, 5.41) is 29.4. The summed E-state index contributed by atoms with van der Waals surface area (Å²) in [5.74, 6) is 0.243. The first-order valence-corrected chi connectivity index (χ1v) is 5.94. The number of aliphatic hydroxyl groups excluding tert-OH is 1. The fourth-order valence-electron chi connectivity index (χ4n) is 2.29. The van der Waals surface area contributed by atoms with Crippen molar-refractivity contribution in [1.82, 2.24) is 4.98 Å². The second-order valence-electron chi connectivity index (χ2n) is 4.54. The lowest BCUT2D eigenvalue weighted by molar-refractivity contribution is 0.0196. The van der Waals surface area contributed by atoms with Crippen LogP contribution in [0.4, 0.5) is 0 Å². The Kier molecular flexibility index (Phi) is 2.76. The van der Waals surface area contributed by atoms with Crippen LogP contribution in [0.1, 0.15) is 17.2 Å². The van der Waals surface area contributed by atoms with Gasteiger partial charge in [0.05, 0.1) is 6.10 Å². The SMILES string of the molecule is Oc1cc(O)c2c(c1)O[C@H](c1cccnc1)[C@H](O)C2. The average Bonchev–Trinajstić information content (AvgIpc) is 2.40. The van der Waals surface area contributed by atoms with Gasteiger partial charge < -0.3 is 20.1 Å². The quantitative estimate of drug-likeness (QED) is 0.723. The van der Waals surface area contributed by atoms with E-state index >= 15 is 0 Å². The molecule has 0 unspecified atom stereocenters. The van der Waals surface area contributed by atoms with Crippen LogP contribution in [0.5, 0.6) is 17.2 Å². The first-order valence-electron chi connectivity index (χ1n) is 5.94. The van der Waals surface area contributed by atoms with Crippen LogP contribution in [0, 0.1) is 0 Å². The van der Waals surface area contributed by atoms with Crippen LogP contribution in [0.25, 0.3) is 0 Å². The molecule has 1 aliphatic rings. The lowest BCUT2D eigenvalue weighted by Crippen LogP contribution is -2.30. The van der Waals surface area contributed by atoms with Gasteiger partial charge in [-0.3, -0.25) is 4.98 Å². The highest BCUT2D eigenvalue weighted by molar-refractivity contribution is 5.51.